The summed E-state index contributed by atoms with van der Waals surface area (Å²) in [6.45, 7) is 5.00. The van der Waals surface area contributed by atoms with E-state index in [0.717, 1.165) is 21.7 Å². The summed E-state index contributed by atoms with van der Waals surface area (Å²) >= 11 is 7.42. The molecule has 1 saturated heterocycles. The van der Waals surface area contributed by atoms with Crippen LogP contribution in [-0.2, 0) is 16.1 Å². The van der Waals surface area contributed by atoms with E-state index in [2.05, 4.69) is 0 Å². The Morgan fingerprint density at radius 1 is 1.32 bits per heavy atom. The summed E-state index contributed by atoms with van der Waals surface area (Å²) < 4.78 is 0.716. The second-order valence-electron chi connectivity index (χ2n) is 6.52. The van der Waals surface area contributed by atoms with Crippen molar-refractivity contribution in [2.45, 2.75) is 26.8 Å². The van der Waals surface area contributed by atoms with Crippen LogP contribution in [0.1, 0.15) is 22.4 Å². The maximum Gasteiger partial charge on any atom is 0.228 e. The van der Waals surface area contributed by atoms with Crippen molar-refractivity contribution in [3.8, 4) is 0 Å². The van der Waals surface area contributed by atoms with Gasteiger partial charge in [0.15, 0.2) is 0 Å². The first-order valence-corrected chi connectivity index (χ1v) is 9.42. The number of thiophene rings is 1. The zero-order valence-corrected chi connectivity index (χ0v) is 16.2. The number of rotatable bonds is 4. The van der Waals surface area contributed by atoms with Crippen molar-refractivity contribution in [2.75, 3.05) is 18.5 Å². The lowest BCUT2D eigenvalue weighted by Crippen LogP contribution is -2.34. The Hall–Kier alpha value is -1.85. The number of benzene rings is 1. The minimum Gasteiger partial charge on any atom is -0.340 e. The van der Waals surface area contributed by atoms with Crippen LogP contribution in [-0.4, -0.2) is 30.3 Å². The third kappa shape index (κ3) is 3.72. The van der Waals surface area contributed by atoms with E-state index in [1.807, 2.05) is 44.2 Å². The standard InChI is InChI=1S/C19H21ClN2O2S/c1-12-5-4-6-16(13(12)2)22-10-14(9-18(22)23)19(24)21(3)11-15-7-8-17(20)25-15/h4-8,14H,9-11H2,1-3H3/t14-/m0/s1. The Balaban J connectivity index is 1.71. The molecule has 25 heavy (non-hydrogen) atoms. The van der Waals surface area contributed by atoms with Gasteiger partial charge in [-0.2, -0.15) is 0 Å². The molecule has 0 saturated carbocycles. The molecule has 3 rings (SSSR count). The van der Waals surface area contributed by atoms with E-state index in [0.29, 0.717) is 17.4 Å². The third-order valence-electron chi connectivity index (χ3n) is 4.74. The van der Waals surface area contributed by atoms with Crippen LogP contribution < -0.4 is 4.90 Å². The van der Waals surface area contributed by atoms with E-state index >= 15 is 0 Å². The maximum atomic E-state index is 12.7. The topological polar surface area (TPSA) is 40.6 Å². The molecule has 6 heteroatoms. The molecule has 0 bridgehead atoms. The summed E-state index contributed by atoms with van der Waals surface area (Å²) in [6.07, 6.45) is 0.266. The van der Waals surface area contributed by atoms with E-state index in [4.69, 9.17) is 11.6 Å². The van der Waals surface area contributed by atoms with Gasteiger partial charge in [0, 0.05) is 30.6 Å². The number of nitrogens with zero attached hydrogens (tertiary/aromatic N) is 2. The molecular weight excluding hydrogens is 356 g/mol. The molecule has 0 N–H and O–H groups in total. The van der Waals surface area contributed by atoms with Gasteiger partial charge in [-0.1, -0.05) is 23.7 Å². The molecule has 1 aliphatic rings. The molecule has 1 aromatic heterocycles. The van der Waals surface area contributed by atoms with E-state index in [1.165, 1.54) is 11.3 Å². The highest BCUT2D eigenvalue weighted by Gasteiger charge is 2.37. The van der Waals surface area contributed by atoms with Crippen LogP contribution in [0.5, 0.6) is 0 Å². The molecule has 4 nitrogen and oxygen atoms in total. The number of anilines is 1. The van der Waals surface area contributed by atoms with Gasteiger partial charge in [0.2, 0.25) is 11.8 Å². The summed E-state index contributed by atoms with van der Waals surface area (Å²) in [6, 6.07) is 9.69. The molecule has 0 aliphatic carbocycles. The lowest BCUT2D eigenvalue weighted by atomic mass is 10.1. The molecular formula is C19H21ClN2O2S. The molecule has 1 atom stereocenters. The van der Waals surface area contributed by atoms with Crippen LogP contribution >= 0.6 is 22.9 Å². The fourth-order valence-corrected chi connectivity index (χ4v) is 4.34. The van der Waals surface area contributed by atoms with Crippen LogP contribution in [0, 0.1) is 19.8 Å². The Bertz CT molecular complexity index is 818. The van der Waals surface area contributed by atoms with Gasteiger partial charge in [0.05, 0.1) is 16.8 Å². The molecule has 0 radical (unpaired) electrons. The highest BCUT2D eigenvalue weighted by Crippen LogP contribution is 2.30. The molecule has 2 aromatic rings. The summed E-state index contributed by atoms with van der Waals surface area (Å²) in [7, 11) is 1.78. The Labute approximate surface area is 157 Å². The Morgan fingerprint density at radius 2 is 2.08 bits per heavy atom. The van der Waals surface area contributed by atoms with Crippen molar-refractivity contribution in [1.82, 2.24) is 4.90 Å². The van der Waals surface area contributed by atoms with Gasteiger partial charge in [0.25, 0.3) is 0 Å². The van der Waals surface area contributed by atoms with Crippen molar-refractivity contribution in [3.63, 3.8) is 0 Å². The van der Waals surface area contributed by atoms with Gasteiger partial charge in [0.1, 0.15) is 0 Å². The summed E-state index contributed by atoms with van der Waals surface area (Å²) in [5.41, 5.74) is 3.14. The zero-order chi connectivity index (χ0) is 18.1. The first-order chi connectivity index (χ1) is 11.9. The Morgan fingerprint density at radius 3 is 2.76 bits per heavy atom. The molecule has 132 valence electrons. The first-order valence-electron chi connectivity index (χ1n) is 8.22. The van der Waals surface area contributed by atoms with Crippen molar-refractivity contribution in [1.29, 1.82) is 0 Å². The number of halogens is 1. The number of carbonyl (C=O) groups excluding carboxylic acids is 2. The average Bonchev–Trinajstić information content (AvgIpc) is 3.15. The number of aryl methyl sites for hydroxylation is 1. The SMILES string of the molecule is Cc1cccc(N2C[C@@H](C(=O)N(C)Cc3ccc(Cl)s3)CC2=O)c1C. The number of hydrogen-bond donors (Lipinski definition) is 0. The van der Waals surface area contributed by atoms with Crippen molar-refractivity contribution in [2.24, 2.45) is 5.92 Å². The molecule has 1 aliphatic heterocycles. The molecule has 1 aromatic carbocycles. The fourth-order valence-electron chi connectivity index (χ4n) is 3.19. The minimum atomic E-state index is -0.298. The summed E-state index contributed by atoms with van der Waals surface area (Å²) in [4.78, 5) is 29.7. The zero-order valence-electron chi connectivity index (χ0n) is 14.6. The highest BCUT2D eigenvalue weighted by molar-refractivity contribution is 7.16. The van der Waals surface area contributed by atoms with Gasteiger partial charge in [-0.15, -0.1) is 11.3 Å². The predicted molar refractivity (Wildman–Crippen MR) is 102 cm³/mol. The minimum absolute atomic E-state index is 0.00526. The van der Waals surface area contributed by atoms with Gasteiger partial charge < -0.3 is 9.80 Å². The summed E-state index contributed by atoms with van der Waals surface area (Å²) in [5.74, 6) is -0.279. The van der Waals surface area contributed by atoms with Gasteiger partial charge in [-0.05, 0) is 43.2 Å². The number of carbonyl (C=O) groups is 2. The second-order valence-corrected chi connectivity index (χ2v) is 8.32. The van der Waals surface area contributed by atoms with Gasteiger partial charge >= 0.3 is 0 Å². The maximum absolute atomic E-state index is 12.7. The van der Waals surface area contributed by atoms with Crippen molar-refractivity contribution in [3.05, 3.63) is 50.7 Å². The third-order valence-corrected chi connectivity index (χ3v) is 5.96. The van der Waals surface area contributed by atoms with Crippen LogP contribution in [0.4, 0.5) is 5.69 Å². The largest absolute Gasteiger partial charge is 0.340 e. The fraction of sp³-hybridized carbons (Fsp3) is 0.368. The normalized spacial score (nSPS) is 17.2. The van der Waals surface area contributed by atoms with Gasteiger partial charge in [-0.25, -0.2) is 0 Å². The smallest absolute Gasteiger partial charge is 0.228 e. The van der Waals surface area contributed by atoms with Crippen molar-refractivity contribution >= 4 is 40.4 Å². The molecule has 0 unspecified atom stereocenters. The molecule has 0 spiro atoms. The van der Waals surface area contributed by atoms with Crippen LogP contribution in [0.3, 0.4) is 0 Å². The lowest BCUT2D eigenvalue weighted by molar-refractivity contribution is -0.135. The van der Waals surface area contributed by atoms with Crippen LogP contribution in [0.2, 0.25) is 4.34 Å². The molecule has 2 amide bonds. The van der Waals surface area contributed by atoms with E-state index in [9.17, 15) is 9.59 Å². The van der Waals surface area contributed by atoms with E-state index in [1.54, 1.807) is 16.8 Å². The van der Waals surface area contributed by atoms with E-state index < -0.39 is 0 Å². The predicted octanol–water partition coefficient (Wildman–Crippen LogP) is 4.03. The van der Waals surface area contributed by atoms with Crippen molar-refractivity contribution < 1.29 is 9.59 Å². The van der Waals surface area contributed by atoms with Gasteiger partial charge in [-0.3, -0.25) is 9.59 Å². The first kappa shape index (κ1) is 18.0. The Kier molecular flexibility index (Phi) is 5.16. The van der Waals surface area contributed by atoms with Crippen LogP contribution in [0.15, 0.2) is 30.3 Å². The number of amides is 2. The second kappa shape index (κ2) is 7.18. The van der Waals surface area contributed by atoms with E-state index in [-0.39, 0.29) is 24.2 Å². The quantitative estimate of drug-likeness (QED) is 0.808. The monoisotopic (exact) mass is 376 g/mol. The number of hydrogen-bond acceptors (Lipinski definition) is 3. The molecule has 1 fully saturated rings. The molecule has 2 heterocycles. The summed E-state index contributed by atoms with van der Waals surface area (Å²) in [5, 5.41) is 0. The average molecular weight is 377 g/mol. The van der Waals surface area contributed by atoms with Crippen LogP contribution in [0.25, 0.3) is 0 Å². The highest BCUT2D eigenvalue weighted by atomic mass is 35.5. The lowest BCUT2D eigenvalue weighted by Gasteiger charge is -2.22.